The maximum atomic E-state index is 5.37. The van der Waals surface area contributed by atoms with Crippen molar-refractivity contribution in [3.8, 4) is 0 Å². The van der Waals surface area contributed by atoms with Crippen molar-refractivity contribution >= 4 is 29.9 Å². The summed E-state index contributed by atoms with van der Waals surface area (Å²) in [6.45, 7) is 7.81. The van der Waals surface area contributed by atoms with Crippen molar-refractivity contribution in [2.75, 3.05) is 66.6 Å². The second-order valence-electron chi connectivity index (χ2n) is 6.65. The molecule has 0 aromatic rings. The first-order chi connectivity index (χ1) is 11.3. The second-order valence-corrected chi connectivity index (χ2v) is 6.65. The van der Waals surface area contributed by atoms with Crippen LogP contribution in [-0.2, 0) is 4.74 Å². The topological polar surface area (TPSA) is 52.1 Å². The Kier molecular flexibility index (Phi) is 12.0. The summed E-state index contributed by atoms with van der Waals surface area (Å²) in [7, 11) is 4.10. The van der Waals surface area contributed by atoms with Gasteiger partial charge in [-0.05, 0) is 19.9 Å². The fourth-order valence-electron chi connectivity index (χ4n) is 3.43. The van der Waals surface area contributed by atoms with Crippen LogP contribution in [0.3, 0.4) is 0 Å². The Labute approximate surface area is 164 Å². The van der Waals surface area contributed by atoms with E-state index in [1.165, 1.54) is 32.1 Å². The lowest BCUT2D eigenvalue weighted by Crippen LogP contribution is -2.46. The largest absolute Gasteiger partial charge is 0.379 e. The first-order valence-electron chi connectivity index (χ1n) is 9.24. The van der Waals surface area contributed by atoms with Gasteiger partial charge in [0, 0.05) is 52.4 Å². The second kappa shape index (κ2) is 13.1. The van der Waals surface area contributed by atoms with Crippen LogP contribution in [0.15, 0.2) is 4.99 Å². The number of guanidine groups is 1. The Morgan fingerprint density at radius 1 is 1.12 bits per heavy atom. The minimum absolute atomic E-state index is 0. The monoisotopic (exact) mass is 453 g/mol. The van der Waals surface area contributed by atoms with Gasteiger partial charge in [-0.3, -0.25) is 9.89 Å². The maximum Gasteiger partial charge on any atom is 0.191 e. The van der Waals surface area contributed by atoms with E-state index in [0.29, 0.717) is 0 Å². The molecule has 0 atom stereocenters. The molecule has 24 heavy (non-hydrogen) atoms. The van der Waals surface area contributed by atoms with Crippen LogP contribution in [0.25, 0.3) is 0 Å². The average Bonchev–Trinajstić information content (AvgIpc) is 2.62. The van der Waals surface area contributed by atoms with Crippen LogP contribution in [0.2, 0.25) is 0 Å². The van der Waals surface area contributed by atoms with E-state index in [-0.39, 0.29) is 24.0 Å². The van der Waals surface area contributed by atoms with Crippen molar-refractivity contribution in [1.82, 2.24) is 20.4 Å². The van der Waals surface area contributed by atoms with Gasteiger partial charge in [-0.1, -0.05) is 19.3 Å². The highest BCUT2D eigenvalue weighted by molar-refractivity contribution is 14.0. The van der Waals surface area contributed by atoms with Crippen LogP contribution in [0.1, 0.15) is 32.1 Å². The van der Waals surface area contributed by atoms with Crippen LogP contribution >= 0.6 is 24.0 Å². The van der Waals surface area contributed by atoms with Crippen LogP contribution in [0, 0.1) is 0 Å². The number of morpholine rings is 1. The minimum atomic E-state index is 0. The highest BCUT2D eigenvalue weighted by Crippen LogP contribution is 2.21. The van der Waals surface area contributed by atoms with Crippen molar-refractivity contribution in [1.29, 1.82) is 0 Å². The number of rotatable bonds is 7. The minimum Gasteiger partial charge on any atom is -0.379 e. The highest BCUT2D eigenvalue weighted by atomic mass is 127. The Hall–Kier alpha value is -0.120. The molecule has 2 rings (SSSR count). The first-order valence-corrected chi connectivity index (χ1v) is 9.24. The van der Waals surface area contributed by atoms with Crippen molar-refractivity contribution in [2.45, 2.75) is 38.1 Å². The van der Waals surface area contributed by atoms with Crippen molar-refractivity contribution in [3.05, 3.63) is 0 Å². The number of hydrogen-bond acceptors (Lipinski definition) is 4. The molecule has 1 heterocycles. The van der Waals surface area contributed by atoms with Crippen LogP contribution in [0.5, 0.6) is 0 Å². The molecule has 1 aliphatic carbocycles. The summed E-state index contributed by atoms with van der Waals surface area (Å²) in [4.78, 5) is 9.25. The van der Waals surface area contributed by atoms with Crippen molar-refractivity contribution in [2.24, 2.45) is 4.99 Å². The van der Waals surface area contributed by atoms with Crippen LogP contribution in [0.4, 0.5) is 0 Å². The molecule has 0 spiro atoms. The molecule has 0 aromatic carbocycles. The van der Waals surface area contributed by atoms with Gasteiger partial charge in [0.25, 0.3) is 0 Å². The molecule has 2 N–H and O–H groups in total. The van der Waals surface area contributed by atoms with Gasteiger partial charge < -0.3 is 20.3 Å². The normalized spacial score (nSPS) is 20.7. The molecule has 7 heteroatoms. The Morgan fingerprint density at radius 2 is 1.79 bits per heavy atom. The van der Waals surface area contributed by atoms with E-state index >= 15 is 0 Å². The van der Waals surface area contributed by atoms with Crippen molar-refractivity contribution < 1.29 is 4.74 Å². The summed E-state index contributed by atoms with van der Waals surface area (Å²) in [6.07, 6.45) is 6.94. The summed E-state index contributed by atoms with van der Waals surface area (Å²) in [5.74, 6) is 0.912. The van der Waals surface area contributed by atoms with E-state index in [4.69, 9.17) is 4.74 Å². The number of aliphatic imine (C=N–C) groups is 1. The third-order valence-electron chi connectivity index (χ3n) is 5.00. The lowest BCUT2D eigenvalue weighted by atomic mass is 9.94. The maximum absolute atomic E-state index is 5.37. The van der Waals surface area contributed by atoms with Gasteiger partial charge in [-0.2, -0.15) is 0 Å². The lowest BCUT2D eigenvalue weighted by molar-refractivity contribution is 0.0389. The van der Waals surface area contributed by atoms with Gasteiger partial charge in [0.2, 0.25) is 0 Å². The summed E-state index contributed by atoms with van der Waals surface area (Å²) < 4.78 is 5.37. The fraction of sp³-hybridized carbons (Fsp3) is 0.941. The average molecular weight is 453 g/mol. The smallest absolute Gasteiger partial charge is 0.191 e. The van der Waals surface area contributed by atoms with E-state index < -0.39 is 0 Å². The molecule has 1 saturated heterocycles. The van der Waals surface area contributed by atoms with Gasteiger partial charge in [0.05, 0.1) is 13.2 Å². The van der Waals surface area contributed by atoms with Gasteiger partial charge >= 0.3 is 0 Å². The lowest BCUT2D eigenvalue weighted by Gasteiger charge is -2.31. The number of ether oxygens (including phenoxy) is 1. The standard InChI is InChI=1S/C17H35N5O.HI/c1-18-17(20-9-11-22-12-14-23-15-13-22)19-8-10-21(2)16-6-4-3-5-7-16;/h16H,3-15H2,1-2H3,(H2,18,19,20);1H. The summed E-state index contributed by atoms with van der Waals surface area (Å²) >= 11 is 0. The first kappa shape index (κ1) is 21.9. The zero-order chi connectivity index (χ0) is 16.3. The van der Waals surface area contributed by atoms with Gasteiger partial charge in [0.1, 0.15) is 0 Å². The zero-order valence-electron chi connectivity index (χ0n) is 15.4. The van der Waals surface area contributed by atoms with Crippen LogP contribution < -0.4 is 10.6 Å². The van der Waals surface area contributed by atoms with Gasteiger partial charge in [-0.25, -0.2) is 0 Å². The van der Waals surface area contributed by atoms with Crippen LogP contribution in [-0.4, -0.2) is 88.4 Å². The number of halogens is 1. The SMILES string of the molecule is CN=C(NCCN1CCOCC1)NCCN(C)C1CCCCC1.I. The zero-order valence-corrected chi connectivity index (χ0v) is 17.8. The summed E-state index contributed by atoms with van der Waals surface area (Å²) in [6, 6.07) is 0.779. The third-order valence-corrected chi connectivity index (χ3v) is 5.00. The molecule has 0 bridgehead atoms. The Morgan fingerprint density at radius 3 is 2.46 bits per heavy atom. The molecular weight excluding hydrogens is 417 g/mol. The van der Waals surface area contributed by atoms with Gasteiger partial charge in [0.15, 0.2) is 5.96 Å². The molecule has 0 radical (unpaired) electrons. The molecule has 0 aromatic heterocycles. The summed E-state index contributed by atoms with van der Waals surface area (Å²) in [5.41, 5.74) is 0. The number of nitrogens with zero attached hydrogens (tertiary/aromatic N) is 3. The summed E-state index contributed by atoms with van der Waals surface area (Å²) in [5, 5.41) is 6.84. The van der Waals surface area contributed by atoms with E-state index in [1.54, 1.807) is 0 Å². The molecule has 6 nitrogen and oxygen atoms in total. The molecule has 1 saturated carbocycles. The molecule has 1 aliphatic heterocycles. The van der Waals surface area contributed by atoms with E-state index in [9.17, 15) is 0 Å². The molecule has 142 valence electrons. The predicted molar refractivity (Wildman–Crippen MR) is 112 cm³/mol. The number of nitrogens with one attached hydrogen (secondary N) is 2. The van der Waals surface area contributed by atoms with E-state index in [2.05, 4.69) is 32.5 Å². The van der Waals surface area contributed by atoms with E-state index in [1.807, 2.05) is 7.05 Å². The highest BCUT2D eigenvalue weighted by Gasteiger charge is 2.17. The third kappa shape index (κ3) is 8.31. The quantitative estimate of drug-likeness (QED) is 0.347. The predicted octanol–water partition coefficient (Wildman–Crippen LogP) is 1.37. The van der Waals surface area contributed by atoms with Gasteiger partial charge in [-0.15, -0.1) is 24.0 Å². The number of likely N-dealkylation sites (N-methyl/N-ethyl adjacent to an activating group) is 1. The number of hydrogen-bond donors (Lipinski definition) is 2. The molecule has 2 aliphatic rings. The molecule has 0 unspecified atom stereocenters. The molecule has 2 fully saturated rings. The molecular formula is C17H36IN5O. The Balaban J connectivity index is 0.00000288. The Bertz CT molecular complexity index is 344. The fourth-order valence-corrected chi connectivity index (χ4v) is 3.43. The molecule has 0 amide bonds. The van der Waals surface area contributed by atoms with Crippen molar-refractivity contribution in [3.63, 3.8) is 0 Å². The van der Waals surface area contributed by atoms with E-state index in [0.717, 1.165) is 64.5 Å².